The van der Waals surface area contributed by atoms with Gasteiger partial charge in [-0.25, -0.2) is 8.42 Å². The van der Waals surface area contributed by atoms with E-state index in [1.54, 1.807) is 26.0 Å². The summed E-state index contributed by atoms with van der Waals surface area (Å²) in [7, 11) is -3.66. The van der Waals surface area contributed by atoms with E-state index in [4.69, 9.17) is 10.5 Å². The number of rotatable bonds is 5. The third-order valence-electron chi connectivity index (χ3n) is 2.76. The average Bonchev–Trinajstić information content (AvgIpc) is 2.39. The van der Waals surface area contributed by atoms with Gasteiger partial charge >= 0.3 is 0 Å². The highest BCUT2D eigenvalue weighted by molar-refractivity contribution is 7.89. The van der Waals surface area contributed by atoms with Gasteiger partial charge in [-0.2, -0.15) is 14.8 Å². The molecule has 0 aliphatic rings. The zero-order chi connectivity index (χ0) is 14.5. The van der Waals surface area contributed by atoms with Crippen LogP contribution < -0.4 is 0 Å². The summed E-state index contributed by atoms with van der Waals surface area (Å²) in [6, 6.07) is 8.44. The van der Waals surface area contributed by atoms with Crippen LogP contribution in [0.25, 0.3) is 0 Å². The Morgan fingerprint density at radius 3 is 2.53 bits per heavy atom. The van der Waals surface area contributed by atoms with Crippen molar-refractivity contribution in [2.75, 3.05) is 13.1 Å². The van der Waals surface area contributed by atoms with Crippen molar-refractivity contribution in [1.82, 2.24) is 4.31 Å². The van der Waals surface area contributed by atoms with Crippen LogP contribution in [0.1, 0.15) is 24.5 Å². The van der Waals surface area contributed by atoms with Crippen LogP contribution in [0.2, 0.25) is 0 Å². The van der Waals surface area contributed by atoms with E-state index in [0.717, 1.165) is 0 Å². The summed E-state index contributed by atoms with van der Waals surface area (Å²) in [5.74, 6) is 0. The lowest BCUT2D eigenvalue weighted by atomic mass is 10.2. The number of hydrogen-bond acceptors (Lipinski definition) is 4. The molecule has 1 aromatic carbocycles. The smallest absolute Gasteiger partial charge is 0.207 e. The van der Waals surface area contributed by atoms with Crippen molar-refractivity contribution in [2.45, 2.75) is 25.2 Å². The Balaban J connectivity index is 3.26. The molecule has 6 heteroatoms. The molecule has 0 saturated carbocycles. The van der Waals surface area contributed by atoms with Crippen molar-refractivity contribution in [2.24, 2.45) is 0 Å². The molecule has 0 aliphatic heterocycles. The fraction of sp³-hybridized carbons (Fsp3) is 0.385. The Kier molecular flexibility index (Phi) is 5.05. The van der Waals surface area contributed by atoms with Gasteiger partial charge in [0.15, 0.2) is 0 Å². The van der Waals surface area contributed by atoms with E-state index in [9.17, 15) is 8.42 Å². The van der Waals surface area contributed by atoms with Crippen molar-refractivity contribution < 1.29 is 8.42 Å². The summed E-state index contributed by atoms with van der Waals surface area (Å²) in [6.07, 6.45) is 0.143. The molecule has 0 unspecified atom stereocenters. The van der Waals surface area contributed by atoms with Crippen molar-refractivity contribution in [3.63, 3.8) is 0 Å². The van der Waals surface area contributed by atoms with Gasteiger partial charge < -0.3 is 0 Å². The zero-order valence-corrected chi connectivity index (χ0v) is 11.7. The van der Waals surface area contributed by atoms with Crippen LogP contribution in [-0.4, -0.2) is 25.8 Å². The molecule has 0 aromatic heterocycles. The predicted octanol–water partition coefficient (Wildman–Crippen LogP) is 1.79. The van der Waals surface area contributed by atoms with Gasteiger partial charge in [0.2, 0.25) is 10.0 Å². The monoisotopic (exact) mass is 277 g/mol. The SMILES string of the molecule is CCN(CCC#N)S(=O)(=O)c1cc(C#N)ccc1C. The quantitative estimate of drug-likeness (QED) is 0.821. The van der Waals surface area contributed by atoms with Crippen molar-refractivity contribution in [3.8, 4) is 12.1 Å². The van der Waals surface area contributed by atoms with E-state index in [1.165, 1.54) is 10.4 Å². The number of hydrogen-bond donors (Lipinski definition) is 0. The molecule has 0 spiro atoms. The molecule has 0 radical (unpaired) electrons. The fourth-order valence-electron chi connectivity index (χ4n) is 1.71. The fourth-order valence-corrected chi connectivity index (χ4v) is 3.41. The molecule has 1 aromatic rings. The number of nitriles is 2. The molecule has 0 amide bonds. The van der Waals surface area contributed by atoms with Crippen molar-refractivity contribution in [1.29, 1.82) is 10.5 Å². The third kappa shape index (κ3) is 3.31. The van der Waals surface area contributed by atoms with Crippen LogP contribution in [0.3, 0.4) is 0 Å². The highest BCUT2D eigenvalue weighted by Crippen LogP contribution is 2.21. The summed E-state index contributed by atoms with van der Waals surface area (Å²) < 4.78 is 26.2. The van der Waals surface area contributed by atoms with E-state index in [-0.39, 0.29) is 17.9 Å². The van der Waals surface area contributed by atoms with E-state index >= 15 is 0 Å². The van der Waals surface area contributed by atoms with Crippen molar-refractivity contribution in [3.05, 3.63) is 29.3 Å². The maximum absolute atomic E-state index is 12.5. The standard InChI is InChI=1S/C13H15N3O2S/c1-3-16(8-4-7-14)19(17,18)13-9-12(10-15)6-5-11(13)2/h5-6,9H,3-4,8H2,1-2H3. The number of benzene rings is 1. The molecule has 100 valence electrons. The van der Waals surface area contributed by atoms with Gasteiger partial charge in [-0.1, -0.05) is 13.0 Å². The molecule has 0 heterocycles. The van der Waals surface area contributed by atoms with Gasteiger partial charge in [0.05, 0.1) is 22.6 Å². The first kappa shape index (κ1) is 15.2. The van der Waals surface area contributed by atoms with E-state index in [2.05, 4.69) is 0 Å². The topological polar surface area (TPSA) is 85.0 Å². The molecular weight excluding hydrogens is 262 g/mol. The minimum atomic E-state index is -3.66. The van der Waals surface area contributed by atoms with Crippen LogP contribution >= 0.6 is 0 Å². The average molecular weight is 277 g/mol. The minimum absolute atomic E-state index is 0.131. The van der Waals surface area contributed by atoms with Gasteiger partial charge in [-0.3, -0.25) is 0 Å². The van der Waals surface area contributed by atoms with Crippen LogP contribution in [0, 0.1) is 29.6 Å². The first-order chi connectivity index (χ1) is 8.97. The Bertz CT molecular complexity index is 639. The van der Waals surface area contributed by atoms with Crippen LogP contribution in [0.4, 0.5) is 0 Å². The lowest BCUT2D eigenvalue weighted by Crippen LogP contribution is -2.32. The molecule has 19 heavy (non-hydrogen) atoms. The summed E-state index contributed by atoms with van der Waals surface area (Å²) >= 11 is 0. The number of nitrogens with zero attached hydrogens (tertiary/aromatic N) is 3. The van der Waals surface area contributed by atoms with Gasteiger partial charge in [0.25, 0.3) is 0 Å². The third-order valence-corrected chi connectivity index (χ3v) is 4.88. The first-order valence-electron chi connectivity index (χ1n) is 5.85. The van der Waals surface area contributed by atoms with E-state index in [1.807, 2.05) is 12.1 Å². The van der Waals surface area contributed by atoms with Crippen LogP contribution in [-0.2, 0) is 10.0 Å². The lowest BCUT2D eigenvalue weighted by Gasteiger charge is -2.20. The van der Waals surface area contributed by atoms with Gasteiger partial charge in [-0.15, -0.1) is 0 Å². The molecule has 1 rings (SSSR count). The number of aryl methyl sites for hydroxylation is 1. The van der Waals surface area contributed by atoms with Gasteiger partial charge in [-0.05, 0) is 24.6 Å². The highest BCUT2D eigenvalue weighted by atomic mass is 32.2. The molecular formula is C13H15N3O2S. The summed E-state index contributed by atoms with van der Waals surface area (Å²) in [4.78, 5) is 0.131. The molecule has 0 fully saturated rings. The molecule has 0 saturated heterocycles. The summed E-state index contributed by atoms with van der Waals surface area (Å²) in [5.41, 5.74) is 0.898. The molecule has 5 nitrogen and oxygen atoms in total. The second-order valence-corrected chi connectivity index (χ2v) is 5.90. The largest absolute Gasteiger partial charge is 0.243 e. The molecule has 0 N–H and O–H groups in total. The second kappa shape index (κ2) is 6.33. The maximum atomic E-state index is 12.5. The zero-order valence-electron chi connectivity index (χ0n) is 10.9. The molecule has 0 aliphatic carbocycles. The Hall–Kier alpha value is -1.89. The van der Waals surface area contributed by atoms with Crippen LogP contribution in [0.15, 0.2) is 23.1 Å². The first-order valence-corrected chi connectivity index (χ1v) is 7.29. The summed E-state index contributed by atoms with van der Waals surface area (Å²) in [6.45, 7) is 3.86. The lowest BCUT2D eigenvalue weighted by molar-refractivity contribution is 0.434. The maximum Gasteiger partial charge on any atom is 0.243 e. The number of sulfonamides is 1. The minimum Gasteiger partial charge on any atom is -0.207 e. The summed E-state index contributed by atoms with van der Waals surface area (Å²) in [5, 5.41) is 17.4. The van der Waals surface area contributed by atoms with Gasteiger partial charge in [0, 0.05) is 19.5 Å². The van der Waals surface area contributed by atoms with E-state index < -0.39 is 10.0 Å². The van der Waals surface area contributed by atoms with E-state index in [0.29, 0.717) is 17.7 Å². The van der Waals surface area contributed by atoms with Crippen LogP contribution in [0.5, 0.6) is 0 Å². The molecule has 0 atom stereocenters. The Morgan fingerprint density at radius 2 is 2.00 bits per heavy atom. The Morgan fingerprint density at radius 1 is 1.32 bits per heavy atom. The second-order valence-electron chi connectivity index (χ2n) is 4.00. The van der Waals surface area contributed by atoms with Crippen molar-refractivity contribution >= 4 is 10.0 Å². The highest BCUT2D eigenvalue weighted by Gasteiger charge is 2.24. The Labute approximate surface area is 113 Å². The predicted molar refractivity (Wildman–Crippen MR) is 70.6 cm³/mol. The van der Waals surface area contributed by atoms with Gasteiger partial charge in [0.1, 0.15) is 0 Å². The normalized spacial score (nSPS) is 11.0. The molecule has 0 bridgehead atoms.